The van der Waals surface area contributed by atoms with Crippen molar-refractivity contribution in [2.45, 2.75) is 45.2 Å². The molecule has 0 saturated heterocycles. The molecule has 1 rings (SSSR count). The number of aryl methyl sites for hydroxylation is 1. The average molecular weight is 274 g/mol. The second-order valence-corrected chi connectivity index (χ2v) is 6.24. The van der Waals surface area contributed by atoms with E-state index in [1.807, 2.05) is 20.8 Å². The van der Waals surface area contributed by atoms with Gasteiger partial charge in [0.05, 0.1) is 11.5 Å². The number of nitrogens with zero attached hydrogens (tertiary/aromatic N) is 1. The van der Waals surface area contributed by atoms with Crippen LogP contribution in [0.4, 0.5) is 0 Å². The molecule has 0 aliphatic carbocycles. The zero-order valence-corrected chi connectivity index (χ0v) is 12.0. The fourth-order valence-corrected chi connectivity index (χ4v) is 2.81. The van der Waals surface area contributed by atoms with Crippen molar-refractivity contribution < 1.29 is 13.5 Å². The molecule has 104 valence electrons. The first-order valence-electron chi connectivity index (χ1n) is 6.24. The molecule has 0 spiro atoms. The van der Waals surface area contributed by atoms with Crippen LogP contribution in [0.25, 0.3) is 0 Å². The molecule has 1 atom stereocenters. The molecule has 1 aromatic rings. The van der Waals surface area contributed by atoms with Gasteiger partial charge < -0.3 is 9.67 Å². The van der Waals surface area contributed by atoms with E-state index in [1.54, 1.807) is 10.8 Å². The topological polar surface area (TPSA) is 71.3 Å². The SMILES string of the molecule is CCC(C)CNS(=O)(=O)c1cc(CO)n(CC)c1. The predicted molar refractivity (Wildman–Crippen MR) is 70.7 cm³/mol. The second kappa shape index (κ2) is 6.36. The maximum Gasteiger partial charge on any atom is 0.242 e. The molecule has 1 unspecified atom stereocenters. The van der Waals surface area contributed by atoms with E-state index in [4.69, 9.17) is 5.11 Å². The van der Waals surface area contributed by atoms with Crippen LogP contribution in [-0.4, -0.2) is 24.6 Å². The van der Waals surface area contributed by atoms with Crippen LogP contribution in [0.3, 0.4) is 0 Å². The van der Waals surface area contributed by atoms with Crippen molar-refractivity contribution in [2.75, 3.05) is 6.54 Å². The highest BCUT2D eigenvalue weighted by Crippen LogP contribution is 2.15. The Bertz CT molecular complexity index is 458. The lowest BCUT2D eigenvalue weighted by Crippen LogP contribution is -2.28. The molecule has 0 saturated carbocycles. The first-order valence-corrected chi connectivity index (χ1v) is 7.72. The number of nitrogens with one attached hydrogen (secondary N) is 1. The summed E-state index contributed by atoms with van der Waals surface area (Å²) in [7, 11) is -3.47. The van der Waals surface area contributed by atoms with E-state index in [1.165, 1.54) is 6.07 Å². The van der Waals surface area contributed by atoms with Crippen LogP contribution in [-0.2, 0) is 23.2 Å². The van der Waals surface area contributed by atoms with E-state index in [0.717, 1.165) is 6.42 Å². The third-order valence-corrected chi connectivity index (χ3v) is 4.48. The summed E-state index contributed by atoms with van der Waals surface area (Å²) in [6.07, 6.45) is 2.49. The maximum atomic E-state index is 12.0. The highest BCUT2D eigenvalue weighted by Gasteiger charge is 2.18. The second-order valence-electron chi connectivity index (χ2n) is 4.48. The normalized spacial score (nSPS) is 13.8. The van der Waals surface area contributed by atoms with Crippen molar-refractivity contribution in [2.24, 2.45) is 5.92 Å². The number of rotatable bonds is 7. The minimum Gasteiger partial charge on any atom is -0.390 e. The van der Waals surface area contributed by atoms with Crippen LogP contribution >= 0.6 is 0 Å². The number of aliphatic hydroxyl groups excluding tert-OH is 1. The lowest BCUT2D eigenvalue weighted by molar-refractivity contribution is 0.271. The Morgan fingerprint density at radius 2 is 2.11 bits per heavy atom. The Kier molecular flexibility index (Phi) is 5.37. The smallest absolute Gasteiger partial charge is 0.242 e. The standard InChI is InChI=1S/C12H22N2O3S/c1-4-10(3)7-13-18(16,17)12-6-11(9-15)14(5-2)8-12/h6,8,10,13,15H,4-5,7,9H2,1-3H3. The maximum absolute atomic E-state index is 12.0. The van der Waals surface area contributed by atoms with Crippen molar-refractivity contribution in [3.8, 4) is 0 Å². The molecule has 0 fully saturated rings. The van der Waals surface area contributed by atoms with Crippen LogP contribution in [0, 0.1) is 5.92 Å². The van der Waals surface area contributed by atoms with Crippen LogP contribution in [0.2, 0.25) is 0 Å². The molecule has 0 radical (unpaired) electrons. The number of sulfonamides is 1. The summed E-state index contributed by atoms with van der Waals surface area (Å²) in [5.74, 6) is 0.311. The highest BCUT2D eigenvalue weighted by molar-refractivity contribution is 7.89. The van der Waals surface area contributed by atoms with Gasteiger partial charge in [-0.05, 0) is 18.9 Å². The number of aromatic nitrogens is 1. The Labute approximate surface area is 109 Å². The first-order chi connectivity index (χ1) is 8.44. The molecule has 0 aliphatic heterocycles. The fraction of sp³-hybridized carbons (Fsp3) is 0.667. The van der Waals surface area contributed by atoms with Gasteiger partial charge in [-0.25, -0.2) is 13.1 Å². The molecule has 18 heavy (non-hydrogen) atoms. The van der Waals surface area contributed by atoms with Crippen LogP contribution < -0.4 is 4.72 Å². The molecule has 0 aromatic carbocycles. The van der Waals surface area contributed by atoms with Crippen LogP contribution in [0.15, 0.2) is 17.2 Å². The number of aliphatic hydroxyl groups is 1. The van der Waals surface area contributed by atoms with Gasteiger partial charge in [0.2, 0.25) is 10.0 Å². The largest absolute Gasteiger partial charge is 0.390 e. The highest BCUT2D eigenvalue weighted by atomic mass is 32.2. The van der Waals surface area contributed by atoms with Gasteiger partial charge in [-0.3, -0.25) is 0 Å². The van der Waals surface area contributed by atoms with Gasteiger partial charge in [0.1, 0.15) is 0 Å². The van der Waals surface area contributed by atoms with Gasteiger partial charge in [-0.15, -0.1) is 0 Å². The van der Waals surface area contributed by atoms with Gasteiger partial charge in [0.25, 0.3) is 0 Å². The summed E-state index contributed by atoms with van der Waals surface area (Å²) in [6, 6.07) is 1.52. The van der Waals surface area contributed by atoms with E-state index < -0.39 is 10.0 Å². The quantitative estimate of drug-likeness (QED) is 0.788. The molecule has 6 heteroatoms. The summed E-state index contributed by atoms with van der Waals surface area (Å²) in [4.78, 5) is 0.219. The summed E-state index contributed by atoms with van der Waals surface area (Å²) in [6.45, 7) is 6.84. The van der Waals surface area contributed by atoms with E-state index in [-0.39, 0.29) is 11.5 Å². The predicted octanol–water partition coefficient (Wildman–Crippen LogP) is 1.32. The molecule has 0 aliphatic rings. The van der Waals surface area contributed by atoms with Crippen molar-refractivity contribution in [3.63, 3.8) is 0 Å². The Hall–Kier alpha value is -0.850. The third kappa shape index (κ3) is 3.57. The van der Waals surface area contributed by atoms with Gasteiger partial charge in [0, 0.05) is 25.0 Å². The zero-order valence-electron chi connectivity index (χ0n) is 11.2. The number of hydrogen-bond donors (Lipinski definition) is 2. The first kappa shape index (κ1) is 15.2. The lowest BCUT2D eigenvalue weighted by Gasteiger charge is -2.09. The summed E-state index contributed by atoms with van der Waals surface area (Å²) in [5.41, 5.74) is 0.612. The summed E-state index contributed by atoms with van der Waals surface area (Å²) >= 11 is 0. The van der Waals surface area contributed by atoms with E-state index in [2.05, 4.69) is 4.72 Å². The third-order valence-electron chi connectivity index (χ3n) is 3.09. The molecule has 1 heterocycles. The summed E-state index contributed by atoms with van der Waals surface area (Å²) < 4.78 is 28.4. The zero-order chi connectivity index (χ0) is 13.8. The molecule has 5 nitrogen and oxygen atoms in total. The van der Waals surface area contributed by atoms with Gasteiger partial charge in [-0.2, -0.15) is 0 Å². The minimum atomic E-state index is -3.47. The molecule has 0 bridgehead atoms. The molecular formula is C12H22N2O3S. The van der Waals surface area contributed by atoms with Crippen molar-refractivity contribution in [1.29, 1.82) is 0 Å². The molecule has 1 aromatic heterocycles. The van der Waals surface area contributed by atoms with E-state index in [0.29, 0.717) is 24.7 Å². The van der Waals surface area contributed by atoms with Crippen LogP contribution in [0.5, 0.6) is 0 Å². The van der Waals surface area contributed by atoms with E-state index in [9.17, 15) is 8.42 Å². The lowest BCUT2D eigenvalue weighted by atomic mass is 10.1. The van der Waals surface area contributed by atoms with E-state index >= 15 is 0 Å². The molecule has 2 N–H and O–H groups in total. The van der Waals surface area contributed by atoms with Gasteiger partial charge >= 0.3 is 0 Å². The summed E-state index contributed by atoms with van der Waals surface area (Å²) in [5, 5.41) is 9.15. The van der Waals surface area contributed by atoms with Crippen molar-refractivity contribution in [1.82, 2.24) is 9.29 Å². The Balaban J connectivity index is 2.88. The number of hydrogen-bond acceptors (Lipinski definition) is 3. The van der Waals surface area contributed by atoms with Crippen molar-refractivity contribution >= 4 is 10.0 Å². The molecule has 0 amide bonds. The van der Waals surface area contributed by atoms with Gasteiger partial charge in [0.15, 0.2) is 0 Å². The Morgan fingerprint density at radius 1 is 1.44 bits per heavy atom. The monoisotopic (exact) mass is 274 g/mol. The molecular weight excluding hydrogens is 252 g/mol. The average Bonchev–Trinajstić information content (AvgIpc) is 2.79. The van der Waals surface area contributed by atoms with Crippen LogP contribution in [0.1, 0.15) is 32.9 Å². The fourth-order valence-electron chi connectivity index (χ4n) is 1.58. The van der Waals surface area contributed by atoms with Crippen molar-refractivity contribution in [3.05, 3.63) is 18.0 Å². The minimum absolute atomic E-state index is 0.158. The Morgan fingerprint density at radius 3 is 2.56 bits per heavy atom. The van der Waals surface area contributed by atoms with Gasteiger partial charge in [-0.1, -0.05) is 20.3 Å².